The molecular weight excluding hydrogens is 408 g/mol. The number of H-pyrrole nitrogens is 1. The predicted octanol–water partition coefficient (Wildman–Crippen LogP) is 1.71. The Labute approximate surface area is 190 Å². The molecule has 0 unspecified atom stereocenters. The van der Waals surface area contributed by atoms with Gasteiger partial charge in [0.15, 0.2) is 0 Å². The van der Waals surface area contributed by atoms with Crippen molar-refractivity contribution < 1.29 is 15.2 Å². The highest BCUT2D eigenvalue weighted by molar-refractivity contribution is 5.84. The number of hydrogen-bond acceptors (Lipinski definition) is 7. The van der Waals surface area contributed by atoms with E-state index in [9.17, 15) is 15.2 Å². The molecule has 2 rings (SSSR count). The third kappa shape index (κ3) is 11.0. The van der Waals surface area contributed by atoms with Crippen LogP contribution in [0, 0.1) is 0 Å². The molecule has 0 aliphatic rings. The molecule has 9 heteroatoms. The number of aromatic nitrogens is 1. The van der Waals surface area contributed by atoms with Gasteiger partial charge in [-0.2, -0.15) is 10.1 Å². The number of para-hydroxylation sites is 1. The number of hydroxylamine groups is 4. The molecule has 1 amide bonds. The molecule has 0 aliphatic carbocycles. The number of amides is 1. The van der Waals surface area contributed by atoms with Crippen LogP contribution in [0.5, 0.6) is 0 Å². The number of nitrogens with one attached hydrogen (secondary N) is 3. The Kier molecular flexibility index (Phi) is 12.9. The molecule has 180 valence electrons. The second kappa shape index (κ2) is 15.7. The normalized spacial score (nSPS) is 11.7. The van der Waals surface area contributed by atoms with Gasteiger partial charge in [0.1, 0.15) is 0 Å². The number of aromatic amines is 1. The van der Waals surface area contributed by atoms with Crippen LogP contribution in [0.25, 0.3) is 10.9 Å². The van der Waals surface area contributed by atoms with Crippen LogP contribution in [-0.2, 0) is 11.2 Å². The molecule has 0 saturated carbocycles. The van der Waals surface area contributed by atoms with Crippen LogP contribution in [-0.4, -0.2) is 83.8 Å². The van der Waals surface area contributed by atoms with Gasteiger partial charge >= 0.3 is 0 Å². The zero-order valence-corrected chi connectivity index (χ0v) is 19.1. The van der Waals surface area contributed by atoms with Gasteiger partial charge < -0.3 is 31.8 Å². The average Bonchev–Trinajstić information content (AvgIpc) is 3.18. The molecule has 0 bridgehead atoms. The first-order chi connectivity index (χ1) is 15.6. The average molecular weight is 449 g/mol. The molecule has 7 N–H and O–H groups in total. The molecule has 0 radical (unpaired) electrons. The number of unbranched alkanes of at least 4 members (excludes halogenated alkanes) is 1. The summed E-state index contributed by atoms with van der Waals surface area (Å²) >= 11 is 0. The molecule has 1 aromatic carbocycles. The highest BCUT2D eigenvalue weighted by Gasteiger charge is 2.07. The van der Waals surface area contributed by atoms with Crippen molar-refractivity contribution in [2.45, 2.75) is 38.5 Å². The number of nitrogens with two attached hydrogens (primary N) is 1. The van der Waals surface area contributed by atoms with Crippen molar-refractivity contribution in [2.24, 2.45) is 5.73 Å². The van der Waals surface area contributed by atoms with Gasteiger partial charge in [0.2, 0.25) is 5.91 Å². The van der Waals surface area contributed by atoms with E-state index in [-0.39, 0.29) is 5.91 Å². The van der Waals surface area contributed by atoms with E-state index in [0.29, 0.717) is 52.1 Å². The highest BCUT2D eigenvalue weighted by atomic mass is 16.5. The lowest BCUT2D eigenvalue weighted by Crippen LogP contribution is -2.30. The summed E-state index contributed by atoms with van der Waals surface area (Å²) < 4.78 is 0. The Bertz CT molecular complexity index is 736. The van der Waals surface area contributed by atoms with Gasteiger partial charge in [-0.05, 0) is 69.3 Å². The number of nitrogens with zero attached hydrogens (tertiary/aromatic N) is 2. The van der Waals surface area contributed by atoms with Crippen LogP contribution in [0.1, 0.15) is 37.8 Å². The molecule has 32 heavy (non-hydrogen) atoms. The fourth-order valence-corrected chi connectivity index (χ4v) is 3.51. The third-order valence-corrected chi connectivity index (χ3v) is 5.26. The molecule has 0 fully saturated rings. The number of carbonyl (C=O) groups is 1. The van der Waals surface area contributed by atoms with Crippen LogP contribution in [0.4, 0.5) is 0 Å². The molecule has 0 spiro atoms. The Morgan fingerprint density at radius 3 is 2.34 bits per heavy atom. The Balaban J connectivity index is 1.43. The first-order valence-corrected chi connectivity index (χ1v) is 11.7. The largest absolute Gasteiger partial charge is 0.358 e. The minimum absolute atomic E-state index is 0.00460. The molecule has 1 aromatic heterocycles. The van der Waals surface area contributed by atoms with Crippen molar-refractivity contribution in [1.82, 2.24) is 25.7 Å². The number of hydrogen-bond donors (Lipinski definition) is 6. The zero-order chi connectivity index (χ0) is 23.0. The van der Waals surface area contributed by atoms with Gasteiger partial charge in [-0.25, -0.2) is 0 Å². The zero-order valence-electron chi connectivity index (χ0n) is 19.1. The van der Waals surface area contributed by atoms with Crippen molar-refractivity contribution >= 4 is 16.8 Å². The second-order valence-corrected chi connectivity index (χ2v) is 8.12. The van der Waals surface area contributed by atoms with E-state index in [1.54, 1.807) is 0 Å². The van der Waals surface area contributed by atoms with Crippen molar-refractivity contribution in [2.75, 3.05) is 52.4 Å². The van der Waals surface area contributed by atoms with Gasteiger partial charge in [0.05, 0.1) is 6.42 Å². The number of carbonyl (C=O) groups excluding carboxylic acids is 1. The Morgan fingerprint density at radius 1 is 0.906 bits per heavy atom. The van der Waals surface area contributed by atoms with Crippen molar-refractivity contribution in [3.05, 3.63) is 36.0 Å². The molecule has 9 nitrogen and oxygen atoms in total. The first kappa shape index (κ1) is 26.2. The van der Waals surface area contributed by atoms with Gasteiger partial charge in [-0.1, -0.05) is 18.2 Å². The summed E-state index contributed by atoms with van der Waals surface area (Å²) in [5, 5.41) is 29.7. The van der Waals surface area contributed by atoms with E-state index in [0.717, 1.165) is 55.4 Å². The molecule has 2 aromatic rings. The molecule has 0 saturated heterocycles. The maximum Gasteiger partial charge on any atom is 0.225 e. The lowest BCUT2D eigenvalue weighted by Gasteiger charge is -2.18. The van der Waals surface area contributed by atoms with Crippen LogP contribution in [0.15, 0.2) is 30.3 Å². The number of benzene rings is 1. The summed E-state index contributed by atoms with van der Waals surface area (Å²) in [4.78, 5) is 15.4. The fraction of sp³-hybridized carbons (Fsp3) is 0.609. The summed E-state index contributed by atoms with van der Waals surface area (Å²) in [6, 6.07) is 9.98. The fourth-order valence-electron chi connectivity index (χ4n) is 3.51. The van der Waals surface area contributed by atoms with Crippen LogP contribution >= 0.6 is 0 Å². The molecule has 1 heterocycles. The second-order valence-electron chi connectivity index (χ2n) is 8.12. The molecule has 0 aliphatic heterocycles. The van der Waals surface area contributed by atoms with Crippen molar-refractivity contribution in [1.29, 1.82) is 0 Å². The maximum absolute atomic E-state index is 12.1. The Hall–Kier alpha value is -2.01. The SMILES string of the molecule is NCCCNCCCN(O)CCCN(O)CCCCNC(=O)Cc1cc2ccccc2[nH]1. The number of rotatable bonds is 18. The summed E-state index contributed by atoms with van der Waals surface area (Å²) in [5.74, 6) is -0.00460. The Morgan fingerprint density at radius 2 is 1.59 bits per heavy atom. The highest BCUT2D eigenvalue weighted by Crippen LogP contribution is 2.14. The maximum atomic E-state index is 12.1. The quantitative estimate of drug-likeness (QED) is 0.151. The van der Waals surface area contributed by atoms with Crippen molar-refractivity contribution in [3.8, 4) is 0 Å². The van der Waals surface area contributed by atoms with Gasteiger partial charge in [0.25, 0.3) is 0 Å². The molecule has 0 atom stereocenters. The van der Waals surface area contributed by atoms with E-state index in [2.05, 4.69) is 15.6 Å². The topological polar surface area (TPSA) is 130 Å². The van der Waals surface area contributed by atoms with E-state index in [1.807, 2.05) is 30.3 Å². The summed E-state index contributed by atoms with van der Waals surface area (Å²) in [5.41, 5.74) is 7.38. The monoisotopic (exact) mass is 448 g/mol. The minimum atomic E-state index is -0.00460. The summed E-state index contributed by atoms with van der Waals surface area (Å²) in [7, 11) is 0. The van der Waals surface area contributed by atoms with Gasteiger partial charge in [-0.15, -0.1) is 0 Å². The van der Waals surface area contributed by atoms with Crippen LogP contribution in [0.2, 0.25) is 0 Å². The van der Waals surface area contributed by atoms with E-state index >= 15 is 0 Å². The third-order valence-electron chi connectivity index (χ3n) is 5.26. The lowest BCUT2D eigenvalue weighted by atomic mass is 10.2. The van der Waals surface area contributed by atoms with Crippen molar-refractivity contribution in [3.63, 3.8) is 0 Å². The number of fused-ring (bicyclic) bond motifs is 1. The van der Waals surface area contributed by atoms with E-state index in [4.69, 9.17) is 5.73 Å². The first-order valence-electron chi connectivity index (χ1n) is 11.7. The molecular formula is C23H40N6O3. The lowest BCUT2D eigenvalue weighted by molar-refractivity contribution is -0.120. The minimum Gasteiger partial charge on any atom is -0.358 e. The smallest absolute Gasteiger partial charge is 0.225 e. The summed E-state index contributed by atoms with van der Waals surface area (Å²) in [6.07, 6.45) is 4.46. The van der Waals surface area contributed by atoms with E-state index < -0.39 is 0 Å². The summed E-state index contributed by atoms with van der Waals surface area (Å²) in [6.45, 7) is 5.26. The van der Waals surface area contributed by atoms with Gasteiger partial charge in [0, 0.05) is 43.9 Å². The predicted molar refractivity (Wildman–Crippen MR) is 127 cm³/mol. The van der Waals surface area contributed by atoms with Gasteiger partial charge in [-0.3, -0.25) is 4.79 Å². The van der Waals surface area contributed by atoms with E-state index in [1.165, 1.54) is 10.1 Å². The van der Waals surface area contributed by atoms with Crippen LogP contribution < -0.4 is 16.4 Å². The van der Waals surface area contributed by atoms with Crippen LogP contribution in [0.3, 0.4) is 0 Å². The standard InChI is InChI=1S/C23H40N6O3/c24-10-5-11-25-12-6-15-29(32)17-7-16-28(31)14-4-3-13-26-23(30)19-21-18-20-8-1-2-9-22(20)27-21/h1-2,8-9,18,25,27,31-32H,3-7,10-17,19,24H2,(H,26,30).